The third-order valence-electron chi connectivity index (χ3n) is 7.81. The van der Waals surface area contributed by atoms with Gasteiger partial charge in [-0.25, -0.2) is 0 Å². The Hall–Kier alpha value is -1.45. The van der Waals surface area contributed by atoms with Crippen molar-refractivity contribution in [3.63, 3.8) is 0 Å². The molecule has 130 valence electrons. The molecule has 3 saturated carbocycles. The summed E-state index contributed by atoms with van der Waals surface area (Å²) in [6.07, 6.45) is 7.29. The maximum atomic E-state index is 12.6. The van der Waals surface area contributed by atoms with Crippen molar-refractivity contribution in [3.8, 4) is 0 Å². The van der Waals surface area contributed by atoms with Crippen LogP contribution in [-0.4, -0.2) is 24.1 Å². The second-order valence-electron chi connectivity index (χ2n) is 8.74. The molecule has 4 aliphatic rings. The molecule has 0 aromatic rings. The Morgan fingerprint density at radius 1 is 1.12 bits per heavy atom. The lowest BCUT2D eigenvalue weighted by Crippen LogP contribution is -2.57. The molecule has 0 aliphatic heterocycles. The van der Waals surface area contributed by atoms with Crippen LogP contribution in [-0.2, 0) is 19.1 Å². The third-order valence-corrected chi connectivity index (χ3v) is 7.81. The topological polar surface area (TPSA) is 60.4 Å². The van der Waals surface area contributed by atoms with Crippen LogP contribution in [0, 0.1) is 28.6 Å². The van der Waals surface area contributed by atoms with Crippen LogP contribution < -0.4 is 0 Å². The number of hydrogen-bond acceptors (Lipinski definition) is 4. The summed E-state index contributed by atoms with van der Waals surface area (Å²) in [5.74, 6) is 1.62. The quantitative estimate of drug-likeness (QED) is 0.729. The predicted octanol–water partition coefficient (Wildman–Crippen LogP) is 3.24. The number of carbonyl (C=O) groups is 3. The van der Waals surface area contributed by atoms with E-state index in [2.05, 4.69) is 13.8 Å². The van der Waals surface area contributed by atoms with E-state index in [9.17, 15) is 14.4 Å². The molecule has 4 nitrogen and oxygen atoms in total. The van der Waals surface area contributed by atoms with E-state index in [-0.39, 0.29) is 28.6 Å². The zero-order valence-corrected chi connectivity index (χ0v) is 14.5. The molecule has 4 rings (SSSR count). The van der Waals surface area contributed by atoms with Gasteiger partial charge in [0.15, 0.2) is 5.78 Å². The summed E-state index contributed by atoms with van der Waals surface area (Å²) in [5, 5.41) is 0. The Morgan fingerprint density at radius 2 is 1.92 bits per heavy atom. The summed E-state index contributed by atoms with van der Waals surface area (Å²) in [4.78, 5) is 35.6. The highest BCUT2D eigenvalue weighted by Gasteiger charge is 2.62. The van der Waals surface area contributed by atoms with E-state index in [1.54, 1.807) is 0 Å². The van der Waals surface area contributed by atoms with Crippen LogP contribution in [0.5, 0.6) is 0 Å². The first-order valence-corrected chi connectivity index (χ1v) is 9.26. The van der Waals surface area contributed by atoms with Gasteiger partial charge in [0.2, 0.25) is 0 Å². The van der Waals surface area contributed by atoms with Crippen molar-refractivity contribution >= 4 is 18.0 Å². The van der Waals surface area contributed by atoms with Gasteiger partial charge in [0.25, 0.3) is 6.47 Å². The van der Waals surface area contributed by atoms with Crippen LogP contribution in [0.2, 0.25) is 0 Å². The van der Waals surface area contributed by atoms with Gasteiger partial charge in [0, 0.05) is 24.2 Å². The standard InChI is InChI=1S/C20H26O4/c1-19-8-7-13(22)9-12(19)3-4-14-15-5-6-17(23)20(15,2)10-16(18(14)19)24-11-21/h9,11,14-16,18H,3-8,10H2,1-2H3/t14-,15-,16-,18+,19-,20-/m0/s1. The van der Waals surface area contributed by atoms with E-state index in [0.29, 0.717) is 43.4 Å². The molecule has 0 heterocycles. The van der Waals surface area contributed by atoms with Crippen molar-refractivity contribution in [2.24, 2.45) is 28.6 Å². The van der Waals surface area contributed by atoms with Crippen molar-refractivity contribution in [2.45, 2.75) is 64.9 Å². The highest BCUT2D eigenvalue weighted by molar-refractivity contribution is 5.91. The molecular formula is C20H26O4. The monoisotopic (exact) mass is 330 g/mol. The first kappa shape index (κ1) is 16.0. The van der Waals surface area contributed by atoms with Gasteiger partial charge in [-0.2, -0.15) is 0 Å². The second kappa shape index (κ2) is 5.27. The summed E-state index contributed by atoms with van der Waals surface area (Å²) in [6, 6.07) is 0. The van der Waals surface area contributed by atoms with Crippen LogP contribution in [0.1, 0.15) is 58.8 Å². The highest BCUT2D eigenvalue weighted by atomic mass is 16.5. The summed E-state index contributed by atoms with van der Waals surface area (Å²) >= 11 is 0. The molecule has 0 bridgehead atoms. The van der Waals surface area contributed by atoms with Crippen LogP contribution >= 0.6 is 0 Å². The summed E-state index contributed by atoms with van der Waals surface area (Å²) in [6.45, 7) is 4.89. The first-order chi connectivity index (χ1) is 11.4. The largest absolute Gasteiger partial charge is 0.464 e. The van der Waals surface area contributed by atoms with Crippen molar-refractivity contribution in [1.82, 2.24) is 0 Å². The van der Waals surface area contributed by atoms with Crippen molar-refractivity contribution in [2.75, 3.05) is 0 Å². The van der Waals surface area contributed by atoms with Crippen LogP contribution in [0.15, 0.2) is 11.6 Å². The maximum Gasteiger partial charge on any atom is 0.293 e. The molecule has 0 radical (unpaired) electrons. The Morgan fingerprint density at radius 3 is 2.67 bits per heavy atom. The molecule has 3 fully saturated rings. The van der Waals surface area contributed by atoms with E-state index in [1.165, 1.54) is 5.57 Å². The van der Waals surface area contributed by atoms with Crippen LogP contribution in [0.3, 0.4) is 0 Å². The molecule has 6 atom stereocenters. The van der Waals surface area contributed by atoms with E-state index in [1.807, 2.05) is 6.08 Å². The number of fused-ring (bicyclic) bond motifs is 5. The number of ether oxygens (including phenoxy) is 1. The van der Waals surface area contributed by atoms with E-state index >= 15 is 0 Å². The van der Waals surface area contributed by atoms with Crippen molar-refractivity contribution in [1.29, 1.82) is 0 Å². The number of ketones is 2. The molecule has 0 aromatic carbocycles. The van der Waals surface area contributed by atoms with Gasteiger partial charge in [-0.05, 0) is 55.4 Å². The van der Waals surface area contributed by atoms with Crippen molar-refractivity contribution in [3.05, 3.63) is 11.6 Å². The minimum absolute atomic E-state index is 0.0720. The van der Waals surface area contributed by atoms with Gasteiger partial charge >= 0.3 is 0 Å². The van der Waals surface area contributed by atoms with Crippen LogP contribution in [0.25, 0.3) is 0 Å². The number of carbonyl (C=O) groups excluding carboxylic acids is 3. The van der Waals surface area contributed by atoms with Gasteiger partial charge in [-0.3, -0.25) is 14.4 Å². The maximum absolute atomic E-state index is 12.6. The molecule has 0 saturated heterocycles. The molecule has 0 spiro atoms. The minimum atomic E-state index is -0.336. The lowest BCUT2D eigenvalue weighted by Gasteiger charge is -2.58. The van der Waals surface area contributed by atoms with Crippen molar-refractivity contribution < 1.29 is 19.1 Å². The SMILES string of the molecule is C[C@]12CCC(=O)C=C1CC[C@@H]1[C@@H]2[C@@H](OC=O)C[C@]2(C)C(=O)CC[C@@H]12. The third kappa shape index (κ3) is 2.01. The molecule has 0 unspecified atom stereocenters. The number of hydrogen-bond donors (Lipinski definition) is 0. The fraction of sp³-hybridized carbons (Fsp3) is 0.750. The molecule has 4 heteroatoms. The van der Waals surface area contributed by atoms with E-state index in [0.717, 1.165) is 25.7 Å². The average molecular weight is 330 g/mol. The second-order valence-corrected chi connectivity index (χ2v) is 8.74. The Bertz CT molecular complexity index is 636. The Balaban J connectivity index is 1.78. The summed E-state index contributed by atoms with van der Waals surface area (Å²) in [7, 11) is 0. The van der Waals surface area contributed by atoms with Crippen LogP contribution in [0.4, 0.5) is 0 Å². The molecular weight excluding hydrogens is 304 g/mol. The number of allylic oxidation sites excluding steroid dienone is 1. The first-order valence-electron chi connectivity index (χ1n) is 9.26. The predicted molar refractivity (Wildman–Crippen MR) is 88.0 cm³/mol. The smallest absolute Gasteiger partial charge is 0.293 e. The molecule has 24 heavy (non-hydrogen) atoms. The van der Waals surface area contributed by atoms with Gasteiger partial charge < -0.3 is 4.74 Å². The lowest BCUT2D eigenvalue weighted by atomic mass is 9.46. The van der Waals surface area contributed by atoms with Gasteiger partial charge in [0.05, 0.1) is 0 Å². The minimum Gasteiger partial charge on any atom is -0.464 e. The number of Topliss-reactive ketones (excluding diaryl/α,β-unsaturated/α-hetero) is 1. The molecule has 0 N–H and O–H groups in total. The zero-order chi connectivity index (χ0) is 17.1. The average Bonchev–Trinajstić information content (AvgIpc) is 2.83. The Kier molecular flexibility index (Phi) is 3.52. The zero-order valence-electron chi connectivity index (χ0n) is 14.5. The number of rotatable bonds is 2. The van der Waals surface area contributed by atoms with Gasteiger partial charge in [0.1, 0.15) is 11.9 Å². The normalized spacial score (nSPS) is 47.3. The van der Waals surface area contributed by atoms with Gasteiger partial charge in [-0.1, -0.05) is 19.4 Å². The summed E-state index contributed by atoms with van der Waals surface area (Å²) in [5.41, 5.74) is 0.835. The van der Waals surface area contributed by atoms with E-state index < -0.39 is 0 Å². The molecule has 4 aliphatic carbocycles. The van der Waals surface area contributed by atoms with E-state index in [4.69, 9.17) is 4.74 Å². The lowest BCUT2D eigenvalue weighted by molar-refractivity contribution is -0.166. The summed E-state index contributed by atoms with van der Waals surface area (Å²) < 4.78 is 5.57. The highest BCUT2D eigenvalue weighted by Crippen LogP contribution is 2.64. The molecule has 0 aromatic heterocycles. The van der Waals surface area contributed by atoms with Gasteiger partial charge in [-0.15, -0.1) is 0 Å². The fourth-order valence-corrected chi connectivity index (χ4v) is 6.62. The Labute approximate surface area is 143 Å². The fourth-order valence-electron chi connectivity index (χ4n) is 6.62. The molecule has 0 amide bonds.